The van der Waals surface area contributed by atoms with Crippen LogP contribution in [-0.2, 0) is 17.9 Å². The van der Waals surface area contributed by atoms with Crippen LogP contribution in [0.25, 0.3) is 11.4 Å². The summed E-state index contributed by atoms with van der Waals surface area (Å²) in [5.41, 5.74) is 1.85. The molecule has 146 valence electrons. The number of hydrogen-bond acceptors (Lipinski definition) is 4. The Morgan fingerprint density at radius 3 is 2.79 bits per heavy atom. The van der Waals surface area contributed by atoms with E-state index in [4.69, 9.17) is 28.6 Å². The van der Waals surface area contributed by atoms with Crippen LogP contribution in [0.3, 0.4) is 0 Å². The number of aromatic amines is 1. The summed E-state index contributed by atoms with van der Waals surface area (Å²) >= 11 is 11.3. The van der Waals surface area contributed by atoms with Gasteiger partial charge < -0.3 is 10.1 Å². The Kier molecular flexibility index (Phi) is 6.84. The summed E-state index contributed by atoms with van der Waals surface area (Å²) in [6.45, 7) is 3.42. The molecule has 1 amide bonds. The Morgan fingerprint density at radius 2 is 2.07 bits per heavy atom. The van der Waals surface area contributed by atoms with E-state index >= 15 is 0 Å². The first kappa shape index (κ1) is 20.1. The van der Waals surface area contributed by atoms with Gasteiger partial charge in [0.1, 0.15) is 5.75 Å². The van der Waals surface area contributed by atoms with E-state index in [0.717, 1.165) is 16.9 Å². The van der Waals surface area contributed by atoms with Crippen LogP contribution in [-0.4, -0.2) is 27.3 Å². The number of halogens is 1. The van der Waals surface area contributed by atoms with Crippen molar-refractivity contribution in [2.24, 2.45) is 0 Å². The van der Waals surface area contributed by atoms with Crippen molar-refractivity contribution in [2.45, 2.75) is 26.4 Å². The molecule has 1 aromatic heterocycles. The average molecular weight is 417 g/mol. The zero-order chi connectivity index (χ0) is 19.9. The number of ether oxygens (including phenoxy) is 1. The Balaban J connectivity index is 1.62. The van der Waals surface area contributed by atoms with Gasteiger partial charge in [0.15, 0.2) is 10.6 Å². The zero-order valence-electron chi connectivity index (χ0n) is 15.4. The van der Waals surface area contributed by atoms with Crippen LogP contribution < -0.4 is 10.1 Å². The van der Waals surface area contributed by atoms with Gasteiger partial charge in [-0.05, 0) is 61.1 Å². The van der Waals surface area contributed by atoms with Crippen LogP contribution in [0, 0.1) is 4.77 Å². The average Bonchev–Trinajstić information content (AvgIpc) is 3.06. The first-order chi connectivity index (χ1) is 13.6. The molecule has 0 aliphatic carbocycles. The highest BCUT2D eigenvalue weighted by Crippen LogP contribution is 2.21. The summed E-state index contributed by atoms with van der Waals surface area (Å²) in [5.74, 6) is 1.42. The van der Waals surface area contributed by atoms with Crippen molar-refractivity contribution in [1.29, 1.82) is 0 Å². The topological polar surface area (TPSA) is 71.9 Å². The lowest BCUT2D eigenvalue weighted by molar-refractivity contribution is -0.121. The number of hydrogen-bond donors (Lipinski definition) is 2. The minimum Gasteiger partial charge on any atom is -0.494 e. The quantitative estimate of drug-likeness (QED) is 0.535. The second-order valence-electron chi connectivity index (χ2n) is 6.12. The van der Waals surface area contributed by atoms with Crippen LogP contribution in [0.4, 0.5) is 0 Å². The van der Waals surface area contributed by atoms with Crippen molar-refractivity contribution in [3.05, 3.63) is 63.9 Å². The molecule has 0 unspecified atom stereocenters. The first-order valence-electron chi connectivity index (χ1n) is 8.96. The van der Waals surface area contributed by atoms with E-state index in [0.29, 0.717) is 41.7 Å². The van der Waals surface area contributed by atoms with E-state index in [-0.39, 0.29) is 5.91 Å². The fourth-order valence-corrected chi connectivity index (χ4v) is 3.20. The Labute approximate surface area is 173 Å². The van der Waals surface area contributed by atoms with Crippen LogP contribution in [0.2, 0.25) is 5.02 Å². The summed E-state index contributed by atoms with van der Waals surface area (Å²) in [4.78, 5) is 12.2. The standard InChI is InChI=1S/C20H21ClN4O2S/c1-2-27-17-8-6-15(7-9-17)19-23-24-20(28)25(19)11-10-18(26)22-13-14-4-3-5-16(21)12-14/h3-9,12H,2,10-11,13H2,1H3,(H,22,26)(H,24,28). The van der Waals surface area contributed by atoms with Gasteiger partial charge in [0.2, 0.25) is 5.91 Å². The van der Waals surface area contributed by atoms with Crippen LogP contribution in [0.1, 0.15) is 18.9 Å². The molecule has 0 saturated carbocycles. The van der Waals surface area contributed by atoms with E-state index in [9.17, 15) is 4.79 Å². The number of carbonyl (C=O) groups is 1. The van der Waals surface area contributed by atoms with Gasteiger partial charge in [-0.1, -0.05) is 23.7 Å². The highest BCUT2D eigenvalue weighted by atomic mass is 35.5. The number of H-pyrrole nitrogens is 1. The summed E-state index contributed by atoms with van der Waals surface area (Å²) in [7, 11) is 0. The lowest BCUT2D eigenvalue weighted by atomic mass is 10.2. The minimum absolute atomic E-state index is 0.0688. The minimum atomic E-state index is -0.0688. The second kappa shape index (κ2) is 9.52. The van der Waals surface area contributed by atoms with Gasteiger partial charge in [0.05, 0.1) is 6.61 Å². The van der Waals surface area contributed by atoms with Gasteiger partial charge in [0, 0.05) is 30.1 Å². The molecule has 8 heteroatoms. The number of nitrogens with one attached hydrogen (secondary N) is 2. The fourth-order valence-electron chi connectivity index (χ4n) is 2.76. The Morgan fingerprint density at radius 1 is 1.29 bits per heavy atom. The van der Waals surface area contributed by atoms with Gasteiger partial charge in [0.25, 0.3) is 0 Å². The van der Waals surface area contributed by atoms with Crippen molar-refractivity contribution in [2.75, 3.05) is 6.61 Å². The lowest BCUT2D eigenvalue weighted by Crippen LogP contribution is -2.24. The maximum atomic E-state index is 12.2. The highest BCUT2D eigenvalue weighted by Gasteiger charge is 2.11. The van der Waals surface area contributed by atoms with Crippen molar-refractivity contribution < 1.29 is 9.53 Å². The smallest absolute Gasteiger partial charge is 0.222 e. The molecule has 0 aliphatic heterocycles. The molecule has 3 aromatic rings. The monoisotopic (exact) mass is 416 g/mol. The van der Waals surface area contributed by atoms with E-state index in [2.05, 4.69) is 15.5 Å². The van der Waals surface area contributed by atoms with E-state index in [1.165, 1.54) is 0 Å². The number of aromatic nitrogens is 3. The third kappa shape index (κ3) is 5.21. The first-order valence-corrected chi connectivity index (χ1v) is 9.75. The molecule has 2 N–H and O–H groups in total. The molecule has 0 fully saturated rings. The molecular weight excluding hydrogens is 396 g/mol. The molecule has 0 bridgehead atoms. The van der Waals surface area contributed by atoms with Crippen molar-refractivity contribution in [3.8, 4) is 17.1 Å². The fraction of sp³-hybridized carbons (Fsp3) is 0.250. The zero-order valence-corrected chi connectivity index (χ0v) is 17.0. The molecular formula is C20H21ClN4O2S. The number of amides is 1. The molecule has 0 aliphatic rings. The van der Waals surface area contributed by atoms with Gasteiger partial charge in [-0.3, -0.25) is 14.5 Å². The normalized spacial score (nSPS) is 10.6. The highest BCUT2D eigenvalue weighted by molar-refractivity contribution is 7.71. The maximum Gasteiger partial charge on any atom is 0.222 e. The predicted octanol–water partition coefficient (Wildman–Crippen LogP) is 4.37. The lowest BCUT2D eigenvalue weighted by Gasteiger charge is -2.09. The largest absolute Gasteiger partial charge is 0.494 e. The summed E-state index contributed by atoms with van der Waals surface area (Å²) in [6.07, 6.45) is 0.290. The molecule has 6 nitrogen and oxygen atoms in total. The maximum absolute atomic E-state index is 12.2. The molecule has 0 spiro atoms. The number of rotatable bonds is 8. The van der Waals surface area contributed by atoms with E-state index in [1.807, 2.05) is 54.0 Å². The molecule has 0 saturated heterocycles. The summed E-state index contributed by atoms with van der Waals surface area (Å²) in [5, 5.41) is 10.6. The van der Waals surface area contributed by atoms with Crippen LogP contribution in [0.5, 0.6) is 5.75 Å². The van der Waals surface area contributed by atoms with E-state index in [1.54, 1.807) is 6.07 Å². The van der Waals surface area contributed by atoms with Gasteiger partial charge in [-0.15, -0.1) is 0 Å². The molecule has 3 rings (SSSR count). The SMILES string of the molecule is CCOc1ccc(-c2n[nH]c(=S)n2CCC(=O)NCc2cccc(Cl)c2)cc1. The van der Waals surface area contributed by atoms with Gasteiger partial charge in [-0.2, -0.15) is 5.10 Å². The van der Waals surface area contributed by atoms with Crippen molar-refractivity contribution >= 4 is 29.7 Å². The second-order valence-corrected chi connectivity index (χ2v) is 6.94. The summed E-state index contributed by atoms with van der Waals surface area (Å²) in [6, 6.07) is 15.0. The number of carbonyl (C=O) groups excluding carboxylic acids is 1. The summed E-state index contributed by atoms with van der Waals surface area (Å²) < 4.78 is 7.77. The van der Waals surface area contributed by atoms with Crippen LogP contribution >= 0.6 is 23.8 Å². The molecule has 28 heavy (non-hydrogen) atoms. The van der Waals surface area contributed by atoms with Gasteiger partial charge >= 0.3 is 0 Å². The van der Waals surface area contributed by atoms with Gasteiger partial charge in [-0.25, -0.2) is 0 Å². The van der Waals surface area contributed by atoms with Crippen LogP contribution in [0.15, 0.2) is 48.5 Å². The Bertz CT molecular complexity index is 998. The number of nitrogens with zero attached hydrogens (tertiary/aromatic N) is 2. The molecule has 1 heterocycles. The molecule has 0 radical (unpaired) electrons. The third-order valence-electron chi connectivity index (χ3n) is 4.12. The Hall–Kier alpha value is -2.64. The number of benzene rings is 2. The van der Waals surface area contributed by atoms with Crippen molar-refractivity contribution in [1.82, 2.24) is 20.1 Å². The third-order valence-corrected chi connectivity index (χ3v) is 4.67. The predicted molar refractivity (Wildman–Crippen MR) is 112 cm³/mol. The van der Waals surface area contributed by atoms with E-state index < -0.39 is 0 Å². The molecule has 2 aromatic carbocycles. The molecule has 0 atom stereocenters. The van der Waals surface area contributed by atoms with Crippen molar-refractivity contribution in [3.63, 3.8) is 0 Å².